The van der Waals surface area contributed by atoms with Gasteiger partial charge < -0.3 is 10.0 Å². The lowest BCUT2D eigenvalue weighted by atomic mass is 9.90. The summed E-state index contributed by atoms with van der Waals surface area (Å²) in [5, 5.41) is 9.79. The number of aliphatic hydroxyl groups excluding tert-OH is 1. The Balaban J connectivity index is 0.00000277. The molecule has 3 heteroatoms. The van der Waals surface area contributed by atoms with Gasteiger partial charge in [-0.1, -0.05) is 57.7 Å². The number of hydrogen-bond donors (Lipinski definition) is 1. The van der Waals surface area contributed by atoms with Gasteiger partial charge in [-0.3, -0.25) is 4.79 Å². The second-order valence-corrected chi connectivity index (χ2v) is 6.27. The predicted molar refractivity (Wildman–Crippen MR) is 108 cm³/mol. The van der Waals surface area contributed by atoms with Crippen molar-refractivity contribution in [1.29, 1.82) is 0 Å². The van der Waals surface area contributed by atoms with Crippen molar-refractivity contribution < 1.29 is 9.90 Å². The van der Waals surface area contributed by atoms with Gasteiger partial charge >= 0.3 is 0 Å². The van der Waals surface area contributed by atoms with Crippen molar-refractivity contribution in [2.24, 2.45) is 11.8 Å². The summed E-state index contributed by atoms with van der Waals surface area (Å²) in [7, 11) is 0. The van der Waals surface area contributed by atoms with Crippen LogP contribution >= 0.6 is 0 Å². The summed E-state index contributed by atoms with van der Waals surface area (Å²) in [6.45, 7) is 16.1. The van der Waals surface area contributed by atoms with Gasteiger partial charge in [-0.2, -0.15) is 0 Å². The molecule has 0 aliphatic heterocycles. The maximum absolute atomic E-state index is 11.3. The Morgan fingerprint density at radius 3 is 2.60 bits per heavy atom. The molecule has 2 atom stereocenters. The Bertz CT molecular complexity index is 514. The van der Waals surface area contributed by atoms with Crippen molar-refractivity contribution in [3.05, 3.63) is 61.2 Å². The number of ketones is 1. The molecule has 0 spiro atoms. The molecule has 140 valence electrons. The van der Waals surface area contributed by atoms with E-state index >= 15 is 0 Å². The van der Waals surface area contributed by atoms with Crippen LogP contribution in [-0.4, -0.2) is 22.3 Å². The highest BCUT2D eigenvalue weighted by Crippen LogP contribution is 2.23. The van der Waals surface area contributed by atoms with E-state index in [1.165, 1.54) is 13.1 Å². The molecule has 2 unspecified atom stereocenters. The normalized spacial score (nSPS) is 17.3. The predicted octanol–water partition coefficient (Wildman–Crippen LogP) is 5.94. The van der Waals surface area contributed by atoms with Crippen molar-refractivity contribution in [3.8, 4) is 0 Å². The molecule has 25 heavy (non-hydrogen) atoms. The van der Waals surface area contributed by atoms with Crippen molar-refractivity contribution in [2.45, 2.75) is 53.4 Å². The molecule has 0 saturated heterocycles. The summed E-state index contributed by atoms with van der Waals surface area (Å²) in [5.74, 6) is 0.424. The summed E-state index contributed by atoms with van der Waals surface area (Å²) in [5.41, 5.74) is 0.892. The summed E-state index contributed by atoms with van der Waals surface area (Å²) in [4.78, 5) is 13.2. The maximum atomic E-state index is 11.3. The number of Topliss-reactive ketones (excluding diaryl/α,β-unsaturated/α-hetero) is 1. The Hall–Kier alpha value is -2.03. The minimum Gasteiger partial charge on any atom is -0.503 e. The third-order valence-electron chi connectivity index (χ3n) is 3.96. The van der Waals surface area contributed by atoms with Gasteiger partial charge in [-0.05, 0) is 37.5 Å². The number of aliphatic hydroxyl groups is 1. The van der Waals surface area contributed by atoms with Gasteiger partial charge in [0.1, 0.15) is 0 Å². The SMILES string of the molecule is C=CCCC(=C)N(/C=C(/O)C(C)=O)CC(C)CC1C=CC=CC1.CC. The molecule has 1 aliphatic carbocycles. The van der Waals surface area contributed by atoms with Crippen LogP contribution in [0.1, 0.15) is 53.4 Å². The van der Waals surface area contributed by atoms with Gasteiger partial charge in [0.2, 0.25) is 0 Å². The van der Waals surface area contributed by atoms with E-state index in [1.807, 2.05) is 24.8 Å². The molecular formula is C22H35NO2. The average Bonchev–Trinajstić information content (AvgIpc) is 2.61. The van der Waals surface area contributed by atoms with E-state index in [0.717, 1.165) is 37.9 Å². The third kappa shape index (κ3) is 9.75. The molecule has 1 aliphatic rings. The summed E-state index contributed by atoms with van der Waals surface area (Å²) < 4.78 is 0. The third-order valence-corrected chi connectivity index (χ3v) is 3.96. The fourth-order valence-electron chi connectivity index (χ4n) is 2.66. The smallest absolute Gasteiger partial charge is 0.195 e. The highest BCUT2D eigenvalue weighted by Gasteiger charge is 2.16. The molecule has 1 N–H and O–H groups in total. The summed E-state index contributed by atoms with van der Waals surface area (Å²) in [6, 6.07) is 0. The van der Waals surface area contributed by atoms with E-state index in [1.54, 1.807) is 0 Å². The van der Waals surface area contributed by atoms with Crippen LogP contribution in [0.15, 0.2) is 61.2 Å². The Morgan fingerprint density at radius 2 is 2.08 bits per heavy atom. The Kier molecular flexibility index (Phi) is 12.2. The van der Waals surface area contributed by atoms with Crippen molar-refractivity contribution >= 4 is 5.78 Å². The fourth-order valence-corrected chi connectivity index (χ4v) is 2.66. The molecule has 0 saturated carbocycles. The number of hydrogen-bond acceptors (Lipinski definition) is 3. The first-order valence-corrected chi connectivity index (χ1v) is 9.24. The lowest BCUT2D eigenvalue weighted by Crippen LogP contribution is -2.25. The molecule has 0 heterocycles. The monoisotopic (exact) mass is 345 g/mol. The lowest BCUT2D eigenvalue weighted by molar-refractivity contribution is -0.116. The zero-order chi connectivity index (χ0) is 19.2. The van der Waals surface area contributed by atoms with E-state index < -0.39 is 0 Å². The highest BCUT2D eigenvalue weighted by atomic mass is 16.3. The van der Waals surface area contributed by atoms with E-state index in [2.05, 4.69) is 44.4 Å². The zero-order valence-corrected chi connectivity index (χ0v) is 16.4. The maximum Gasteiger partial charge on any atom is 0.195 e. The van der Waals surface area contributed by atoms with E-state index in [9.17, 15) is 9.90 Å². The van der Waals surface area contributed by atoms with Crippen molar-refractivity contribution in [1.82, 2.24) is 4.90 Å². The number of rotatable bonds is 10. The molecule has 1 rings (SSSR count). The van der Waals surface area contributed by atoms with Gasteiger partial charge in [-0.15, -0.1) is 6.58 Å². The van der Waals surface area contributed by atoms with E-state index in [0.29, 0.717) is 11.8 Å². The van der Waals surface area contributed by atoms with Gasteiger partial charge in [0, 0.05) is 25.4 Å². The number of carbonyl (C=O) groups is 1. The highest BCUT2D eigenvalue weighted by molar-refractivity contribution is 5.90. The second kappa shape index (κ2) is 13.3. The van der Waals surface area contributed by atoms with Crippen LogP contribution in [0, 0.1) is 11.8 Å². The van der Waals surface area contributed by atoms with Crippen LogP contribution in [0.25, 0.3) is 0 Å². The first kappa shape index (κ1) is 23.0. The number of allylic oxidation sites excluding steroid dienone is 7. The molecule has 0 aromatic carbocycles. The topological polar surface area (TPSA) is 40.5 Å². The first-order valence-electron chi connectivity index (χ1n) is 9.24. The Labute approximate surface area is 154 Å². The van der Waals surface area contributed by atoms with Gasteiger partial charge in [0.05, 0.1) is 0 Å². The molecule has 3 nitrogen and oxygen atoms in total. The Morgan fingerprint density at radius 1 is 1.40 bits per heavy atom. The summed E-state index contributed by atoms with van der Waals surface area (Å²) >= 11 is 0. The number of nitrogens with zero attached hydrogens (tertiary/aromatic N) is 1. The molecule has 0 aromatic heterocycles. The quantitative estimate of drug-likeness (QED) is 0.302. The van der Waals surface area contributed by atoms with Crippen molar-refractivity contribution in [2.75, 3.05) is 6.54 Å². The minimum atomic E-state index is -0.334. The van der Waals surface area contributed by atoms with Crippen molar-refractivity contribution in [3.63, 3.8) is 0 Å². The van der Waals surface area contributed by atoms with Crippen LogP contribution in [-0.2, 0) is 4.79 Å². The van der Waals surface area contributed by atoms with Crippen LogP contribution in [0.3, 0.4) is 0 Å². The molecule has 0 bridgehead atoms. The summed E-state index contributed by atoms with van der Waals surface area (Å²) in [6.07, 6.45) is 15.7. The van der Waals surface area contributed by atoms with Gasteiger partial charge in [-0.25, -0.2) is 0 Å². The molecule has 0 fully saturated rings. The minimum absolute atomic E-state index is 0.225. The van der Waals surface area contributed by atoms with Crippen LogP contribution in [0.4, 0.5) is 0 Å². The first-order chi connectivity index (χ1) is 11.9. The van der Waals surface area contributed by atoms with Gasteiger partial charge in [0.25, 0.3) is 0 Å². The van der Waals surface area contributed by atoms with Crippen LogP contribution in [0.5, 0.6) is 0 Å². The fraction of sp³-hybridized carbons (Fsp3) is 0.500. The second-order valence-electron chi connectivity index (χ2n) is 6.27. The largest absolute Gasteiger partial charge is 0.503 e. The van der Waals surface area contributed by atoms with E-state index in [-0.39, 0.29) is 11.5 Å². The molecular weight excluding hydrogens is 310 g/mol. The average molecular weight is 346 g/mol. The van der Waals surface area contributed by atoms with Crippen LogP contribution in [0.2, 0.25) is 0 Å². The molecule has 0 radical (unpaired) electrons. The van der Waals surface area contributed by atoms with Crippen LogP contribution < -0.4 is 0 Å². The molecule has 0 amide bonds. The van der Waals surface area contributed by atoms with Gasteiger partial charge in [0.15, 0.2) is 11.5 Å². The lowest BCUT2D eigenvalue weighted by Gasteiger charge is -2.28. The number of carbonyl (C=O) groups excluding carboxylic acids is 1. The standard InChI is InChI=1S/C20H29NO2.C2H6/c1-5-6-10-17(3)21(15-20(23)18(4)22)14-16(2)13-19-11-8-7-9-12-19;1-2/h5,7-9,11,15-16,19,23H,1,3,6,10,12-14H2,2,4H3;1-2H3/b20-15+;. The zero-order valence-electron chi connectivity index (χ0n) is 16.4. The molecule has 0 aromatic rings. The van der Waals surface area contributed by atoms with E-state index in [4.69, 9.17) is 0 Å².